The molecular weight excluding hydrogens is 397 g/mol. The molecule has 7 heteroatoms. The minimum Gasteiger partial charge on any atom is -0.350 e. The standard InChI is InChI=1S/C21H20FNO3S2/c1-14-5-6-17(12-15(14)2)21(24)23-13-19(16-7-9-18(22)10-8-16)28(25,26)20-4-3-11-27-20/h3-12,19H,13H2,1-2H3,(H,23,24)/t19-/m1/s1. The maximum absolute atomic E-state index is 13.3. The first-order valence-electron chi connectivity index (χ1n) is 8.67. The average molecular weight is 418 g/mol. The Morgan fingerprint density at radius 3 is 2.39 bits per heavy atom. The lowest BCUT2D eigenvalue weighted by molar-refractivity contribution is 0.0953. The summed E-state index contributed by atoms with van der Waals surface area (Å²) in [5, 5.41) is 3.39. The third-order valence-electron chi connectivity index (χ3n) is 4.61. The number of benzene rings is 2. The number of nitrogens with one attached hydrogen (secondary N) is 1. The number of sulfone groups is 1. The highest BCUT2D eigenvalue weighted by molar-refractivity contribution is 7.93. The van der Waals surface area contributed by atoms with Crippen molar-refractivity contribution in [1.29, 1.82) is 0 Å². The molecule has 2 aromatic carbocycles. The maximum Gasteiger partial charge on any atom is 0.251 e. The molecule has 4 nitrogen and oxygen atoms in total. The summed E-state index contributed by atoms with van der Waals surface area (Å²) in [6.07, 6.45) is 0. The van der Waals surface area contributed by atoms with Gasteiger partial charge < -0.3 is 5.32 Å². The molecule has 0 radical (unpaired) electrons. The molecular formula is C21H20FNO3S2. The van der Waals surface area contributed by atoms with Gasteiger partial charge in [0.05, 0.1) is 0 Å². The van der Waals surface area contributed by atoms with E-state index in [2.05, 4.69) is 5.32 Å². The van der Waals surface area contributed by atoms with Gasteiger partial charge in [0.2, 0.25) is 0 Å². The van der Waals surface area contributed by atoms with Crippen LogP contribution in [-0.4, -0.2) is 20.9 Å². The van der Waals surface area contributed by atoms with E-state index in [9.17, 15) is 17.6 Å². The minimum absolute atomic E-state index is 0.113. The van der Waals surface area contributed by atoms with E-state index in [-0.39, 0.29) is 16.7 Å². The van der Waals surface area contributed by atoms with Crippen LogP contribution in [-0.2, 0) is 9.84 Å². The van der Waals surface area contributed by atoms with Crippen LogP contribution < -0.4 is 5.32 Å². The van der Waals surface area contributed by atoms with E-state index in [0.717, 1.165) is 22.5 Å². The molecule has 1 atom stereocenters. The highest BCUT2D eigenvalue weighted by atomic mass is 32.2. The van der Waals surface area contributed by atoms with Gasteiger partial charge in [-0.15, -0.1) is 11.3 Å². The minimum atomic E-state index is -3.74. The fourth-order valence-corrected chi connectivity index (χ4v) is 5.69. The number of carbonyl (C=O) groups is 1. The van der Waals surface area contributed by atoms with Gasteiger partial charge in [0.1, 0.15) is 15.3 Å². The van der Waals surface area contributed by atoms with Gasteiger partial charge in [-0.25, -0.2) is 12.8 Å². The molecule has 0 unspecified atom stereocenters. The monoisotopic (exact) mass is 417 g/mol. The molecule has 1 N–H and O–H groups in total. The molecule has 0 spiro atoms. The largest absolute Gasteiger partial charge is 0.350 e. The van der Waals surface area contributed by atoms with E-state index in [0.29, 0.717) is 11.1 Å². The molecule has 0 aliphatic carbocycles. The quantitative estimate of drug-likeness (QED) is 0.645. The van der Waals surface area contributed by atoms with Crippen molar-refractivity contribution in [3.05, 3.63) is 88.0 Å². The van der Waals surface area contributed by atoms with Gasteiger partial charge in [-0.3, -0.25) is 4.79 Å². The van der Waals surface area contributed by atoms with Gasteiger partial charge in [-0.05, 0) is 66.2 Å². The second kappa shape index (κ2) is 8.24. The number of carbonyl (C=O) groups excluding carboxylic acids is 1. The molecule has 0 fully saturated rings. The zero-order valence-electron chi connectivity index (χ0n) is 15.5. The van der Waals surface area contributed by atoms with Crippen LogP contribution in [0.4, 0.5) is 4.39 Å². The average Bonchev–Trinajstić information content (AvgIpc) is 3.21. The summed E-state index contributed by atoms with van der Waals surface area (Å²) in [7, 11) is -3.74. The van der Waals surface area contributed by atoms with E-state index in [1.807, 2.05) is 19.9 Å². The first kappa shape index (κ1) is 20.2. The predicted octanol–water partition coefficient (Wildman–Crippen LogP) is 4.45. The zero-order chi connectivity index (χ0) is 20.3. The summed E-state index contributed by atoms with van der Waals surface area (Å²) in [5.41, 5.74) is 2.94. The predicted molar refractivity (Wildman–Crippen MR) is 109 cm³/mol. The Bertz CT molecular complexity index is 1080. The lowest BCUT2D eigenvalue weighted by Crippen LogP contribution is -2.31. The van der Waals surface area contributed by atoms with E-state index in [4.69, 9.17) is 0 Å². The number of halogens is 1. The highest BCUT2D eigenvalue weighted by Crippen LogP contribution is 2.31. The van der Waals surface area contributed by atoms with Crippen LogP contribution in [0.15, 0.2) is 64.2 Å². The zero-order valence-corrected chi connectivity index (χ0v) is 17.1. The third kappa shape index (κ3) is 4.31. The van der Waals surface area contributed by atoms with Crippen LogP contribution in [0.3, 0.4) is 0 Å². The van der Waals surface area contributed by atoms with Crippen molar-refractivity contribution in [3.8, 4) is 0 Å². The molecule has 146 valence electrons. The molecule has 0 aliphatic rings. The summed E-state index contributed by atoms with van der Waals surface area (Å²) in [5.74, 6) is -0.799. The second-order valence-corrected chi connectivity index (χ2v) is 9.83. The number of thiophene rings is 1. The lowest BCUT2D eigenvalue weighted by atomic mass is 10.1. The van der Waals surface area contributed by atoms with Crippen molar-refractivity contribution in [2.45, 2.75) is 23.3 Å². The number of aryl methyl sites for hydroxylation is 2. The Balaban J connectivity index is 1.88. The van der Waals surface area contributed by atoms with Crippen molar-refractivity contribution in [1.82, 2.24) is 5.32 Å². The smallest absolute Gasteiger partial charge is 0.251 e. The second-order valence-electron chi connectivity index (χ2n) is 6.53. The van der Waals surface area contributed by atoms with Crippen LogP contribution in [0.2, 0.25) is 0 Å². The van der Waals surface area contributed by atoms with Crippen LogP contribution in [0, 0.1) is 19.7 Å². The number of rotatable bonds is 6. The third-order valence-corrected chi connectivity index (χ3v) is 8.14. The Kier molecular flexibility index (Phi) is 5.96. The first-order chi connectivity index (χ1) is 13.3. The summed E-state index contributed by atoms with van der Waals surface area (Å²) in [4.78, 5) is 12.5. The molecule has 0 bridgehead atoms. The Morgan fingerprint density at radius 1 is 1.07 bits per heavy atom. The number of hydrogen-bond donors (Lipinski definition) is 1. The summed E-state index contributed by atoms with van der Waals surface area (Å²) in [6.45, 7) is 3.75. The number of amides is 1. The molecule has 0 aliphatic heterocycles. The molecule has 3 rings (SSSR count). The molecule has 3 aromatic rings. The van der Waals surface area contributed by atoms with E-state index >= 15 is 0 Å². The Labute approximate surface area is 168 Å². The Morgan fingerprint density at radius 2 is 1.79 bits per heavy atom. The van der Waals surface area contributed by atoms with Crippen LogP contribution >= 0.6 is 11.3 Å². The topological polar surface area (TPSA) is 63.2 Å². The highest BCUT2D eigenvalue weighted by Gasteiger charge is 2.30. The van der Waals surface area contributed by atoms with Gasteiger partial charge in [-0.1, -0.05) is 24.3 Å². The first-order valence-corrected chi connectivity index (χ1v) is 11.1. The molecule has 0 saturated heterocycles. The maximum atomic E-state index is 13.3. The fraction of sp³-hybridized carbons (Fsp3) is 0.190. The van der Waals surface area contributed by atoms with E-state index in [1.165, 1.54) is 30.3 Å². The molecule has 0 saturated carbocycles. The summed E-state index contributed by atoms with van der Waals surface area (Å²) in [6, 6.07) is 13.8. The van der Waals surface area contributed by atoms with Crippen molar-refractivity contribution in [3.63, 3.8) is 0 Å². The van der Waals surface area contributed by atoms with Gasteiger partial charge >= 0.3 is 0 Å². The fourth-order valence-electron chi connectivity index (χ4n) is 2.82. The molecule has 1 amide bonds. The van der Waals surface area contributed by atoms with Crippen LogP contribution in [0.5, 0.6) is 0 Å². The van der Waals surface area contributed by atoms with Crippen LogP contribution in [0.25, 0.3) is 0 Å². The van der Waals surface area contributed by atoms with Crippen molar-refractivity contribution >= 4 is 27.1 Å². The SMILES string of the molecule is Cc1ccc(C(=O)NC[C@H](c2ccc(F)cc2)S(=O)(=O)c2cccs2)cc1C. The van der Waals surface area contributed by atoms with Crippen molar-refractivity contribution < 1.29 is 17.6 Å². The normalized spacial score (nSPS) is 12.5. The summed E-state index contributed by atoms with van der Waals surface area (Å²) < 4.78 is 39.7. The van der Waals surface area contributed by atoms with Gasteiger partial charge in [0.25, 0.3) is 5.91 Å². The van der Waals surface area contributed by atoms with Gasteiger partial charge in [0.15, 0.2) is 9.84 Å². The summed E-state index contributed by atoms with van der Waals surface area (Å²) >= 11 is 1.12. The van der Waals surface area contributed by atoms with Crippen molar-refractivity contribution in [2.75, 3.05) is 6.54 Å². The number of hydrogen-bond acceptors (Lipinski definition) is 4. The molecule has 28 heavy (non-hydrogen) atoms. The lowest BCUT2D eigenvalue weighted by Gasteiger charge is -2.18. The van der Waals surface area contributed by atoms with Crippen molar-refractivity contribution in [2.24, 2.45) is 0 Å². The molecule has 1 heterocycles. The van der Waals surface area contributed by atoms with E-state index < -0.39 is 20.9 Å². The van der Waals surface area contributed by atoms with E-state index in [1.54, 1.807) is 23.6 Å². The van der Waals surface area contributed by atoms with Crippen LogP contribution in [0.1, 0.15) is 32.3 Å². The Hall–Kier alpha value is -2.51. The van der Waals surface area contributed by atoms with Gasteiger partial charge in [-0.2, -0.15) is 0 Å². The van der Waals surface area contributed by atoms with Gasteiger partial charge in [0, 0.05) is 12.1 Å². The molecule has 1 aromatic heterocycles.